The summed E-state index contributed by atoms with van der Waals surface area (Å²) < 4.78 is 13.9. The van der Waals surface area contributed by atoms with Gasteiger partial charge in [-0.15, -0.1) is 0 Å². The van der Waals surface area contributed by atoms with Gasteiger partial charge in [0.1, 0.15) is 11.7 Å². The van der Waals surface area contributed by atoms with Gasteiger partial charge < -0.3 is 25.0 Å². The highest BCUT2D eigenvalue weighted by Gasteiger charge is 2.84. The molecule has 0 radical (unpaired) electrons. The minimum Gasteiger partial charge on any atom is -0.504 e. The molecule has 196 valence electrons. The van der Waals surface area contributed by atoms with Crippen molar-refractivity contribution in [2.45, 2.75) is 94.5 Å². The van der Waals surface area contributed by atoms with Gasteiger partial charge in [0.15, 0.2) is 11.5 Å². The van der Waals surface area contributed by atoms with Crippen LogP contribution in [-0.2, 0) is 16.6 Å². The molecule has 7 aliphatic rings. The number of ether oxygens (including phenoxy) is 2. The topological polar surface area (TPSA) is 71.0 Å². The highest BCUT2D eigenvalue weighted by Crippen LogP contribution is 2.81. The maximum atomic E-state index is 12.6. The molecule has 4 saturated carbocycles. The van der Waals surface area contributed by atoms with Crippen LogP contribution in [0.4, 0.5) is 0 Å². The van der Waals surface area contributed by atoms with Crippen molar-refractivity contribution < 1.29 is 19.7 Å². The van der Waals surface area contributed by atoms with E-state index in [-0.39, 0.29) is 22.7 Å². The molecule has 0 amide bonds. The minimum absolute atomic E-state index is 0.0345. The first-order valence-corrected chi connectivity index (χ1v) is 14.4. The molecule has 2 aromatic rings. The molecule has 1 saturated heterocycles. The van der Waals surface area contributed by atoms with Gasteiger partial charge in [0, 0.05) is 35.0 Å². The second-order valence-electron chi connectivity index (χ2n) is 13.3. The number of phenolic OH excluding ortho intramolecular Hbond substituents is 1. The zero-order valence-electron chi connectivity index (χ0n) is 22.3. The minimum atomic E-state index is -0.631. The first-order valence-electron chi connectivity index (χ1n) is 14.4. The van der Waals surface area contributed by atoms with Crippen molar-refractivity contribution in [3.63, 3.8) is 0 Å². The van der Waals surface area contributed by atoms with Crippen LogP contribution < -0.4 is 10.1 Å². The average molecular weight is 502 g/mol. The summed E-state index contributed by atoms with van der Waals surface area (Å²) in [6.07, 6.45) is 7.43. The zero-order chi connectivity index (χ0) is 25.4. The van der Waals surface area contributed by atoms with Crippen molar-refractivity contribution >= 4 is 0 Å². The van der Waals surface area contributed by atoms with Crippen molar-refractivity contribution in [1.82, 2.24) is 5.32 Å². The van der Waals surface area contributed by atoms with E-state index in [0.29, 0.717) is 17.7 Å². The molecule has 2 aromatic carbocycles. The molecular weight excluding hydrogens is 462 g/mol. The van der Waals surface area contributed by atoms with Crippen LogP contribution in [0.3, 0.4) is 0 Å². The van der Waals surface area contributed by atoms with E-state index >= 15 is 0 Å². The first kappa shape index (κ1) is 22.9. The molecule has 7 atom stereocenters. The fraction of sp³-hybridized carbons (Fsp3) is 0.625. The van der Waals surface area contributed by atoms with Gasteiger partial charge in [-0.1, -0.05) is 37.1 Å². The van der Waals surface area contributed by atoms with E-state index in [1.165, 1.54) is 29.5 Å². The summed E-state index contributed by atoms with van der Waals surface area (Å²) in [6.45, 7) is 5.21. The third kappa shape index (κ3) is 2.40. The first-order chi connectivity index (χ1) is 17.8. The van der Waals surface area contributed by atoms with Gasteiger partial charge in [0.2, 0.25) is 0 Å². The number of nitrogens with one attached hydrogen (secondary N) is 1. The van der Waals surface area contributed by atoms with E-state index in [4.69, 9.17) is 9.47 Å². The molecule has 2 heterocycles. The number of piperidine rings is 1. The third-order valence-electron chi connectivity index (χ3n) is 12.2. The Hall–Kier alpha value is -2.08. The maximum absolute atomic E-state index is 12.6. The number of phenols is 1. The number of aryl methyl sites for hydroxylation is 2. The molecule has 3 unspecified atom stereocenters. The van der Waals surface area contributed by atoms with Crippen molar-refractivity contribution in [2.75, 3.05) is 13.7 Å². The lowest BCUT2D eigenvalue weighted by atomic mass is 9.30. The van der Waals surface area contributed by atoms with E-state index in [1.807, 2.05) is 13.2 Å². The Morgan fingerprint density at radius 3 is 2.70 bits per heavy atom. The molecule has 5 aliphatic carbocycles. The predicted octanol–water partition coefficient (Wildman–Crippen LogP) is 5.02. The Balaban J connectivity index is 1.42. The average Bonchev–Trinajstić information content (AvgIpc) is 3.62. The van der Waals surface area contributed by atoms with Gasteiger partial charge in [-0.3, -0.25) is 0 Å². The molecule has 5 nitrogen and oxygen atoms in total. The molecule has 9 rings (SSSR count). The zero-order valence-corrected chi connectivity index (χ0v) is 22.3. The smallest absolute Gasteiger partial charge is 0.165 e. The van der Waals surface area contributed by atoms with Crippen LogP contribution in [0.2, 0.25) is 0 Å². The number of methoxy groups -OCH3 is 1. The van der Waals surface area contributed by atoms with Crippen molar-refractivity contribution in [2.24, 2.45) is 16.7 Å². The van der Waals surface area contributed by atoms with Crippen molar-refractivity contribution in [3.05, 3.63) is 58.1 Å². The lowest BCUT2D eigenvalue weighted by Crippen LogP contribution is -2.84. The molecule has 0 aromatic heterocycles. The quantitative estimate of drug-likeness (QED) is 0.537. The van der Waals surface area contributed by atoms with Gasteiger partial charge in [-0.05, 0) is 93.2 Å². The second-order valence-corrected chi connectivity index (χ2v) is 13.3. The van der Waals surface area contributed by atoms with E-state index in [9.17, 15) is 10.2 Å². The van der Waals surface area contributed by atoms with Crippen molar-refractivity contribution in [1.29, 1.82) is 0 Å². The van der Waals surface area contributed by atoms with Gasteiger partial charge >= 0.3 is 0 Å². The Kier molecular flexibility index (Phi) is 4.39. The lowest BCUT2D eigenvalue weighted by Gasteiger charge is -2.76. The Labute approximate surface area is 219 Å². The number of aliphatic hydroxyl groups excluding tert-OH is 1. The van der Waals surface area contributed by atoms with Crippen LogP contribution in [0.1, 0.15) is 78.9 Å². The Morgan fingerprint density at radius 1 is 1.14 bits per heavy atom. The van der Waals surface area contributed by atoms with E-state index in [0.717, 1.165) is 56.2 Å². The highest BCUT2D eigenvalue weighted by atomic mass is 16.6. The van der Waals surface area contributed by atoms with Gasteiger partial charge in [-0.2, -0.15) is 0 Å². The summed E-state index contributed by atoms with van der Waals surface area (Å²) in [5.41, 5.74) is 4.66. The number of aromatic hydroxyl groups is 1. The standard InChI is InChI=1S/C32H39NO4/c1-18-6-4-5-7-21(18)27(35)30(16-20-8-9-20)17-29-10-11-32(30,36-3)28-31(29)12-13-33-24(29)15-22-19(2)14-23(34)26(37-28)25(22)31/h4-7,14,20,24,27-28,33-35H,8-13,15-17H2,1-3H3/t24?,27-,28+,29?,30?,31+,32+/m1/s1. The van der Waals surface area contributed by atoms with Crippen LogP contribution in [-0.4, -0.2) is 41.6 Å². The van der Waals surface area contributed by atoms with E-state index < -0.39 is 17.1 Å². The number of rotatable bonds is 5. The van der Waals surface area contributed by atoms with Crippen LogP contribution in [0.5, 0.6) is 11.5 Å². The summed E-state index contributed by atoms with van der Waals surface area (Å²) in [5, 5.41) is 27.8. The van der Waals surface area contributed by atoms with Crippen LogP contribution in [0.15, 0.2) is 30.3 Å². The number of benzene rings is 2. The second kappa shape index (κ2) is 7.11. The molecule has 4 bridgehead atoms. The van der Waals surface area contributed by atoms with Gasteiger partial charge in [0.25, 0.3) is 0 Å². The molecule has 5 fully saturated rings. The number of hydrogen-bond donors (Lipinski definition) is 3. The SMILES string of the molecule is CO[C@]12CCC3(CC1(CC1CC1)[C@H](O)c1ccccc1C)C1Cc4c(C)cc(O)c5c4[C@@]3(CCN1)[C@@H]2O5. The predicted molar refractivity (Wildman–Crippen MR) is 141 cm³/mol. The fourth-order valence-electron chi connectivity index (χ4n) is 10.6. The van der Waals surface area contributed by atoms with E-state index in [2.05, 4.69) is 43.4 Å². The van der Waals surface area contributed by atoms with Crippen LogP contribution in [0.25, 0.3) is 0 Å². The van der Waals surface area contributed by atoms with Crippen molar-refractivity contribution in [3.8, 4) is 11.5 Å². The summed E-state index contributed by atoms with van der Waals surface area (Å²) in [5.74, 6) is 1.60. The lowest BCUT2D eigenvalue weighted by molar-refractivity contribution is -0.323. The summed E-state index contributed by atoms with van der Waals surface area (Å²) in [7, 11) is 1.86. The number of fused-ring (bicyclic) bond motifs is 2. The molecule has 2 spiro atoms. The number of aliphatic hydroxyl groups is 1. The summed E-state index contributed by atoms with van der Waals surface area (Å²) >= 11 is 0. The van der Waals surface area contributed by atoms with Gasteiger partial charge in [0.05, 0.1) is 6.10 Å². The fourth-order valence-corrected chi connectivity index (χ4v) is 10.6. The summed E-state index contributed by atoms with van der Waals surface area (Å²) in [6, 6.07) is 10.6. The highest BCUT2D eigenvalue weighted by molar-refractivity contribution is 5.65. The molecular formula is C32H39NO4. The normalized spacial score (nSPS) is 41.3. The largest absolute Gasteiger partial charge is 0.504 e. The van der Waals surface area contributed by atoms with Crippen LogP contribution >= 0.6 is 0 Å². The third-order valence-corrected chi connectivity index (χ3v) is 12.2. The van der Waals surface area contributed by atoms with E-state index in [1.54, 1.807) is 0 Å². The molecule has 37 heavy (non-hydrogen) atoms. The number of hydrogen-bond acceptors (Lipinski definition) is 5. The molecule has 3 N–H and O–H groups in total. The Bertz CT molecular complexity index is 1320. The molecule has 2 aliphatic heterocycles. The monoisotopic (exact) mass is 501 g/mol. The molecule has 5 heteroatoms. The summed E-state index contributed by atoms with van der Waals surface area (Å²) in [4.78, 5) is 0. The van der Waals surface area contributed by atoms with Gasteiger partial charge in [-0.25, -0.2) is 0 Å². The maximum Gasteiger partial charge on any atom is 0.165 e. The Morgan fingerprint density at radius 2 is 1.95 bits per heavy atom. The van der Waals surface area contributed by atoms with Crippen LogP contribution in [0, 0.1) is 30.6 Å².